The van der Waals surface area contributed by atoms with Crippen LogP contribution < -0.4 is 15.4 Å². The van der Waals surface area contributed by atoms with E-state index in [1.165, 1.54) is 44.6 Å². The van der Waals surface area contributed by atoms with E-state index in [0.29, 0.717) is 5.82 Å². The first kappa shape index (κ1) is 16.7. The molecule has 22 heavy (non-hydrogen) atoms. The Bertz CT molecular complexity index is 595. The Kier molecular flexibility index (Phi) is 5.73. The average Bonchev–Trinajstić information content (AvgIpc) is 2.54. The fourth-order valence-electron chi connectivity index (χ4n) is 2.46. The molecule has 1 saturated carbocycles. The molecular weight excluding hydrogens is 304 g/mol. The lowest BCUT2D eigenvalue weighted by Crippen LogP contribution is -2.39. The zero-order valence-electron chi connectivity index (χ0n) is 12.6. The van der Waals surface area contributed by atoms with Crippen LogP contribution in [0.2, 0.25) is 0 Å². The van der Waals surface area contributed by atoms with Gasteiger partial charge in [-0.2, -0.15) is 0 Å². The highest BCUT2D eigenvalue weighted by atomic mass is 32.2. The second-order valence-electron chi connectivity index (χ2n) is 5.34. The Morgan fingerprint density at radius 1 is 1.27 bits per heavy atom. The van der Waals surface area contributed by atoms with Gasteiger partial charge in [-0.25, -0.2) is 18.1 Å². The van der Waals surface area contributed by atoms with E-state index in [4.69, 9.17) is 0 Å². The Labute approximate surface area is 131 Å². The van der Waals surface area contributed by atoms with Crippen molar-refractivity contribution in [1.82, 2.24) is 15.0 Å². The maximum atomic E-state index is 11.8. The normalized spacial score (nSPS) is 16.2. The van der Waals surface area contributed by atoms with Crippen LogP contribution in [-0.4, -0.2) is 38.9 Å². The summed E-state index contributed by atoms with van der Waals surface area (Å²) in [5.41, 5.74) is 0. The molecule has 7 nitrogen and oxygen atoms in total. The fraction of sp³-hybridized carbons (Fsp3) is 0.571. The van der Waals surface area contributed by atoms with Gasteiger partial charge in [-0.1, -0.05) is 19.3 Å². The molecule has 122 valence electrons. The second-order valence-corrected chi connectivity index (χ2v) is 7.23. The molecule has 1 heterocycles. The minimum Gasteiger partial charge on any atom is -0.361 e. The summed E-state index contributed by atoms with van der Waals surface area (Å²) in [6.07, 6.45) is 6.92. The molecule has 0 atom stereocenters. The van der Waals surface area contributed by atoms with Gasteiger partial charge in [0.05, 0.1) is 6.54 Å². The molecule has 1 fully saturated rings. The molecule has 8 heteroatoms. The standard InChI is InChI=1S/C14H22N4O3S/c1-15-22(20,21)12-7-8-13(16-9-12)17-10-14(19)18-11-5-3-2-4-6-11/h7-9,11,15H,2-6,10H2,1H3,(H,16,17)(H,18,19). The van der Waals surface area contributed by atoms with Crippen LogP contribution in [0.1, 0.15) is 32.1 Å². The van der Waals surface area contributed by atoms with Crippen molar-refractivity contribution in [2.75, 3.05) is 18.9 Å². The molecule has 0 bridgehead atoms. The van der Waals surface area contributed by atoms with E-state index < -0.39 is 10.0 Å². The molecule has 1 amide bonds. The molecule has 1 aromatic rings. The number of aromatic nitrogens is 1. The smallest absolute Gasteiger partial charge is 0.241 e. The number of pyridine rings is 1. The number of sulfonamides is 1. The van der Waals surface area contributed by atoms with E-state index in [-0.39, 0.29) is 23.4 Å². The van der Waals surface area contributed by atoms with E-state index in [1.54, 1.807) is 0 Å². The first-order valence-electron chi connectivity index (χ1n) is 7.44. The number of carbonyl (C=O) groups is 1. The SMILES string of the molecule is CNS(=O)(=O)c1ccc(NCC(=O)NC2CCCCC2)nc1. The zero-order valence-corrected chi connectivity index (χ0v) is 13.4. The van der Waals surface area contributed by atoms with Crippen LogP contribution >= 0.6 is 0 Å². The molecule has 1 aromatic heterocycles. The van der Waals surface area contributed by atoms with Gasteiger partial charge in [-0.3, -0.25) is 4.79 Å². The Hall–Kier alpha value is -1.67. The van der Waals surface area contributed by atoms with Crippen molar-refractivity contribution in [2.45, 2.75) is 43.0 Å². The van der Waals surface area contributed by atoms with Gasteiger partial charge in [0.2, 0.25) is 15.9 Å². The molecule has 0 radical (unpaired) electrons. The first-order chi connectivity index (χ1) is 10.5. The lowest BCUT2D eigenvalue weighted by molar-refractivity contribution is -0.120. The summed E-state index contributed by atoms with van der Waals surface area (Å²) in [4.78, 5) is 15.9. The Morgan fingerprint density at radius 3 is 2.59 bits per heavy atom. The number of hydrogen-bond acceptors (Lipinski definition) is 5. The maximum absolute atomic E-state index is 11.8. The first-order valence-corrected chi connectivity index (χ1v) is 8.92. The number of amides is 1. The van der Waals surface area contributed by atoms with Crippen molar-refractivity contribution in [3.63, 3.8) is 0 Å². The van der Waals surface area contributed by atoms with Crippen LogP contribution in [0, 0.1) is 0 Å². The lowest BCUT2D eigenvalue weighted by Gasteiger charge is -2.22. The predicted molar refractivity (Wildman–Crippen MR) is 84.0 cm³/mol. The van der Waals surface area contributed by atoms with Crippen molar-refractivity contribution in [1.29, 1.82) is 0 Å². The van der Waals surface area contributed by atoms with Crippen LogP contribution in [0.5, 0.6) is 0 Å². The summed E-state index contributed by atoms with van der Waals surface area (Å²) in [5.74, 6) is 0.398. The number of nitrogens with zero attached hydrogens (tertiary/aromatic N) is 1. The minimum atomic E-state index is -3.48. The van der Waals surface area contributed by atoms with E-state index in [0.717, 1.165) is 12.8 Å². The summed E-state index contributed by atoms with van der Waals surface area (Å²) in [6, 6.07) is 3.26. The third kappa shape index (κ3) is 4.67. The fourth-order valence-corrected chi connectivity index (χ4v) is 3.13. The highest BCUT2D eigenvalue weighted by molar-refractivity contribution is 7.89. The number of carbonyl (C=O) groups excluding carboxylic acids is 1. The van der Waals surface area contributed by atoms with Gasteiger partial charge in [-0.15, -0.1) is 0 Å². The van der Waals surface area contributed by atoms with E-state index in [2.05, 4.69) is 20.3 Å². The molecule has 1 aliphatic rings. The van der Waals surface area contributed by atoms with Gasteiger partial charge in [0, 0.05) is 12.2 Å². The zero-order chi connectivity index (χ0) is 16.0. The minimum absolute atomic E-state index is 0.0689. The largest absolute Gasteiger partial charge is 0.361 e. The van der Waals surface area contributed by atoms with Crippen LogP contribution in [0.4, 0.5) is 5.82 Å². The molecule has 0 aliphatic heterocycles. The van der Waals surface area contributed by atoms with E-state index in [9.17, 15) is 13.2 Å². The molecule has 2 rings (SSSR count). The number of anilines is 1. The van der Waals surface area contributed by atoms with E-state index in [1.807, 2.05) is 0 Å². The lowest BCUT2D eigenvalue weighted by atomic mass is 9.95. The van der Waals surface area contributed by atoms with Gasteiger partial charge in [0.25, 0.3) is 0 Å². The van der Waals surface area contributed by atoms with Crippen LogP contribution in [0.3, 0.4) is 0 Å². The summed E-state index contributed by atoms with van der Waals surface area (Å²) >= 11 is 0. The molecule has 0 unspecified atom stereocenters. The quantitative estimate of drug-likeness (QED) is 0.719. The molecular formula is C14H22N4O3S. The summed E-state index contributed by atoms with van der Waals surface area (Å²) in [6.45, 7) is 0.127. The number of nitrogens with one attached hydrogen (secondary N) is 3. The monoisotopic (exact) mass is 326 g/mol. The Balaban J connectivity index is 1.82. The third-order valence-electron chi connectivity index (χ3n) is 3.72. The topological polar surface area (TPSA) is 100 Å². The van der Waals surface area contributed by atoms with Crippen LogP contribution in [0.15, 0.2) is 23.2 Å². The van der Waals surface area contributed by atoms with Gasteiger partial charge >= 0.3 is 0 Å². The second kappa shape index (κ2) is 7.55. The molecule has 0 spiro atoms. The summed E-state index contributed by atoms with van der Waals surface area (Å²) < 4.78 is 25.3. The Morgan fingerprint density at radius 2 is 2.00 bits per heavy atom. The van der Waals surface area contributed by atoms with Gasteiger partial charge in [-0.05, 0) is 32.0 Å². The molecule has 0 aromatic carbocycles. The third-order valence-corrected chi connectivity index (χ3v) is 5.12. The number of hydrogen-bond donors (Lipinski definition) is 3. The summed E-state index contributed by atoms with van der Waals surface area (Å²) in [7, 11) is -2.14. The average molecular weight is 326 g/mol. The highest BCUT2D eigenvalue weighted by Gasteiger charge is 2.15. The van der Waals surface area contributed by atoms with E-state index >= 15 is 0 Å². The van der Waals surface area contributed by atoms with Crippen molar-refractivity contribution in [3.8, 4) is 0 Å². The maximum Gasteiger partial charge on any atom is 0.241 e. The highest BCUT2D eigenvalue weighted by Crippen LogP contribution is 2.17. The molecule has 1 aliphatic carbocycles. The summed E-state index contributed by atoms with van der Waals surface area (Å²) in [5, 5.41) is 5.89. The van der Waals surface area contributed by atoms with Crippen molar-refractivity contribution < 1.29 is 13.2 Å². The molecule has 3 N–H and O–H groups in total. The van der Waals surface area contributed by atoms with Gasteiger partial charge in [0.1, 0.15) is 10.7 Å². The molecule has 0 saturated heterocycles. The number of rotatable bonds is 6. The van der Waals surface area contributed by atoms with Crippen molar-refractivity contribution in [3.05, 3.63) is 18.3 Å². The van der Waals surface area contributed by atoms with Gasteiger partial charge < -0.3 is 10.6 Å². The van der Waals surface area contributed by atoms with Crippen molar-refractivity contribution >= 4 is 21.7 Å². The van der Waals surface area contributed by atoms with Gasteiger partial charge in [0.15, 0.2) is 0 Å². The van der Waals surface area contributed by atoms with Crippen LogP contribution in [-0.2, 0) is 14.8 Å². The van der Waals surface area contributed by atoms with Crippen molar-refractivity contribution in [2.24, 2.45) is 0 Å². The predicted octanol–water partition coefficient (Wildman–Crippen LogP) is 0.850. The van der Waals surface area contributed by atoms with Crippen LogP contribution in [0.25, 0.3) is 0 Å².